The monoisotopic (exact) mass is 739 g/mol. The molecule has 270 valence electrons. The Kier molecular flexibility index (Phi) is 7.26. The van der Waals surface area contributed by atoms with Crippen molar-refractivity contribution >= 4 is 43.5 Å². The second-order valence-corrected chi connectivity index (χ2v) is 15.1. The van der Waals surface area contributed by atoms with Crippen LogP contribution in [0.2, 0.25) is 0 Å². The number of nitrogens with zero attached hydrogens (tertiary/aromatic N) is 3. The minimum absolute atomic E-state index is 0.592. The second-order valence-electron chi connectivity index (χ2n) is 15.1. The predicted octanol–water partition coefficient (Wildman–Crippen LogP) is 14.0. The van der Waals surface area contributed by atoms with Crippen molar-refractivity contribution in [3.05, 3.63) is 199 Å². The van der Waals surface area contributed by atoms with E-state index < -0.39 is 0 Å². The van der Waals surface area contributed by atoms with E-state index in [1.165, 1.54) is 44.3 Å². The first kappa shape index (κ1) is 32.5. The van der Waals surface area contributed by atoms with Crippen molar-refractivity contribution in [2.24, 2.45) is 0 Å². The number of furan rings is 1. The van der Waals surface area contributed by atoms with Gasteiger partial charge < -0.3 is 4.42 Å². The summed E-state index contributed by atoms with van der Waals surface area (Å²) in [7, 11) is 0. The van der Waals surface area contributed by atoms with E-state index in [0.717, 1.165) is 66.8 Å². The minimum Gasteiger partial charge on any atom is -0.456 e. The Hall–Kier alpha value is -7.69. The van der Waals surface area contributed by atoms with Crippen LogP contribution in [-0.2, 0) is 6.42 Å². The lowest BCUT2D eigenvalue weighted by molar-refractivity contribution is 0.669. The lowest BCUT2D eigenvalue weighted by Crippen LogP contribution is -2.01. The summed E-state index contributed by atoms with van der Waals surface area (Å²) < 4.78 is 6.34. The SMILES string of the molecule is c1ccc(-c2cccc3c2Cc2c(-c4cc(-c5nc(-c6ccc7ccccc7c6)nc(-c6ccc7c(c6)oc6ccccc67)n5)c5ccccc5c4)cccc2-3)cc1. The molecule has 0 N–H and O–H groups in total. The van der Waals surface area contributed by atoms with Gasteiger partial charge in [-0.3, -0.25) is 0 Å². The Bertz CT molecular complexity index is 3440. The summed E-state index contributed by atoms with van der Waals surface area (Å²) in [6, 6.07) is 66.6. The largest absolute Gasteiger partial charge is 0.456 e. The number of benzene rings is 9. The van der Waals surface area contributed by atoms with Gasteiger partial charge in [-0.2, -0.15) is 0 Å². The molecule has 0 aliphatic heterocycles. The van der Waals surface area contributed by atoms with Crippen molar-refractivity contribution in [2.45, 2.75) is 6.42 Å². The number of aromatic nitrogens is 3. The third kappa shape index (κ3) is 5.26. The van der Waals surface area contributed by atoms with E-state index in [1.807, 2.05) is 18.2 Å². The molecule has 0 unspecified atom stereocenters. The fourth-order valence-electron chi connectivity index (χ4n) is 8.99. The topological polar surface area (TPSA) is 51.8 Å². The van der Waals surface area contributed by atoms with Crippen molar-refractivity contribution in [1.82, 2.24) is 15.0 Å². The van der Waals surface area contributed by atoms with Gasteiger partial charge in [0, 0.05) is 27.5 Å². The summed E-state index contributed by atoms with van der Waals surface area (Å²) in [5.41, 5.74) is 14.6. The predicted molar refractivity (Wildman–Crippen MR) is 238 cm³/mol. The normalized spacial score (nSPS) is 12.1. The lowest BCUT2D eigenvalue weighted by atomic mass is 9.91. The first-order valence-electron chi connectivity index (χ1n) is 19.7. The highest BCUT2D eigenvalue weighted by Crippen LogP contribution is 2.46. The molecule has 1 aliphatic carbocycles. The Morgan fingerprint density at radius 3 is 1.67 bits per heavy atom. The summed E-state index contributed by atoms with van der Waals surface area (Å²) in [6.45, 7) is 0. The van der Waals surface area contributed by atoms with Gasteiger partial charge in [0.2, 0.25) is 0 Å². The molecule has 0 atom stereocenters. The zero-order valence-electron chi connectivity index (χ0n) is 31.4. The maximum Gasteiger partial charge on any atom is 0.164 e. The van der Waals surface area contributed by atoms with E-state index in [9.17, 15) is 0 Å². The molecule has 58 heavy (non-hydrogen) atoms. The van der Waals surface area contributed by atoms with Crippen LogP contribution in [0.25, 0.3) is 111 Å². The minimum atomic E-state index is 0.592. The number of hydrogen-bond acceptors (Lipinski definition) is 4. The van der Waals surface area contributed by atoms with E-state index in [-0.39, 0.29) is 0 Å². The van der Waals surface area contributed by atoms with Crippen LogP contribution in [-0.4, -0.2) is 15.0 Å². The fourth-order valence-corrected chi connectivity index (χ4v) is 8.99. The maximum atomic E-state index is 6.34. The fraction of sp³-hybridized carbons (Fsp3) is 0.0185. The molecule has 0 saturated carbocycles. The lowest BCUT2D eigenvalue weighted by Gasteiger charge is -2.15. The third-order valence-electron chi connectivity index (χ3n) is 11.8. The van der Waals surface area contributed by atoms with Crippen molar-refractivity contribution in [2.75, 3.05) is 0 Å². The highest BCUT2D eigenvalue weighted by atomic mass is 16.3. The molecular weight excluding hydrogens is 707 g/mol. The molecule has 2 heterocycles. The summed E-state index contributed by atoms with van der Waals surface area (Å²) in [5.74, 6) is 1.84. The molecular formula is C54H33N3O. The average molecular weight is 740 g/mol. The zero-order valence-corrected chi connectivity index (χ0v) is 31.4. The smallest absolute Gasteiger partial charge is 0.164 e. The van der Waals surface area contributed by atoms with E-state index in [2.05, 4.69) is 170 Å². The van der Waals surface area contributed by atoms with Crippen molar-refractivity contribution in [3.8, 4) is 67.5 Å². The van der Waals surface area contributed by atoms with Crippen LogP contribution in [0.5, 0.6) is 0 Å². The molecule has 4 nitrogen and oxygen atoms in total. The van der Waals surface area contributed by atoms with Crippen LogP contribution < -0.4 is 0 Å². The number of fused-ring (bicyclic) bond motifs is 8. The molecule has 1 aliphatic rings. The molecule has 0 saturated heterocycles. The van der Waals surface area contributed by atoms with Gasteiger partial charge in [-0.15, -0.1) is 0 Å². The van der Waals surface area contributed by atoms with Gasteiger partial charge >= 0.3 is 0 Å². The molecule has 0 spiro atoms. The van der Waals surface area contributed by atoms with Crippen LogP contribution in [0, 0.1) is 0 Å². The van der Waals surface area contributed by atoms with Gasteiger partial charge in [0.1, 0.15) is 11.2 Å². The molecule has 0 radical (unpaired) electrons. The summed E-state index contributed by atoms with van der Waals surface area (Å²) in [5, 5.41) is 6.67. The standard InChI is InChI=1S/C54H33N3O/c1-2-13-34(14-3-1)40-19-10-21-43-44-22-11-20-42(48(44)32-47(40)43)39-29-36-16-6-7-17-41(36)49(30-39)54-56-52(37-25-24-33-12-4-5-15-35(33)28-37)55-53(57-54)38-26-27-46-45-18-8-9-23-50(45)58-51(46)31-38/h1-31H,32H2. The van der Waals surface area contributed by atoms with Gasteiger partial charge in [0.05, 0.1) is 0 Å². The van der Waals surface area contributed by atoms with Crippen LogP contribution in [0.15, 0.2) is 192 Å². The van der Waals surface area contributed by atoms with Crippen LogP contribution in [0.1, 0.15) is 11.1 Å². The van der Waals surface area contributed by atoms with Crippen LogP contribution in [0.3, 0.4) is 0 Å². The van der Waals surface area contributed by atoms with Gasteiger partial charge in [-0.1, -0.05) is 152 Å². The summed E-state index contributed by atoms with van der Waals surface area (Å²) >= 11 is 0. The second kappa shape index (κ2) is 12.9. The Labute approximate surface area is 334 Å². The van der Waals surface area contributed by atoms with Crippen LogP contribution in [0.4, 0.5) is 0 Å². The van der Waals surface area contributed by atoms with Gasteiger partial charge in [0.25, 0.3) is 0 Å². The highest BCUT2D eigenvalue weighted by Gasteiger charge is 2.25. The molecule has 0 amide bonds. The van der Waals surface area contributed by atoms with Crippen molar-refractivity contribution in [3.63, 3.8) is 0 Å². The quantitative estimate of drug-likeness (QED) is 0.176. The first-order chi connectivity index (χ1) is 28.7. The average Bonchev–Trinajstić information content (AvgIpc) is 3.87. The Balaban J connectivity index is 1.05. The van der Waals surface area contributed by atoms with E-state index in [1.54, 1.807) is 0 Å². The molecule has 0 fully saturated rings. The van der Waals surface area contributed by atoms with E-state index in [0.29, 0.717) is 17.5 Å². The highest BCUT2D eigenvalue weighted by molar-refractivity contribution is 6.06. The van der Waals surface area contributed by atoms with Gasteiger partial charge in [-0.05, 0) is 109 Å². The molecule has 2 aromatic heterocycles. The zero-order chi connectivity index (χ0) is 38.2. The molecule has 12 rings (SSSR count). The van der Waals surface area contributed by atoms with Gasteiger partial charge in [0.15, 0.2) is 17.5 Å². The molecule has 9 aromatic carbocycles. The number of hydrogen-bond donors (Lipinski definition) is 0. The Morgan fingerprint density at radius 2 is 0.879 bits per heavy atom. The maximum absolute atomic E-state index is 6.34. The van der Waals surface area contributed by atoms with E-state index in [4.69, 9.17) is 19.4 Å². The summed E-state index contributed by atoms with van der Waals surface area (Å²) in [6.07, 6.45) is 0.861. The number of rotatable bonds is 5. The van der Waals surface area contributed by atoms with Crippen LogP contribution >= 0.6 is 0 Å². The van der Waals surface area contributed by atoms with Crippen molar-refractivity contribution in [1.29, 1.82) is 0 Å². The summed E-state index contributed by atoms with van der Waals surface area (Å²) in [4.78, 5) is 15.8. The first-order valence-corrected chi connectivity index (χ1v) is 19.7. The van der Waals surface area contributed by atoms with Gasteiger partial charge in [-0.25, -0.2) is 15.0 Å². The van der Waals surface area contributed by atoms with Crippen molar-refractivity contribution < 1.29 is 4.42 Å². The Morgan fingerprint density at radius 1 is 0.310 bits per heavy atom. The molecule has 11 aromatic rings. The number of para-hydroxylation sites is 1. The molecule has 0 bridgehead atoms. The third-order valence-corrected chi connectivity index (χ3v) is 11.8. The molecule has 4 heteroatoms. The van der Waals surface area contributed by atoms with E-state index >= 15 is 0 Å².